The van der Waals surface area contributed by atoms with E-state index in [1.165, 1.54) is 0 Å². The summed E-state index contributed by atoms with van der Waals surface area (Å²) < 4.78 is 1.57. The fourth-order valence-corrected chi connectivity index (χ4v) is 2.46. The maximum absolute atomic E-state index is 11.2. The topological polar surface area (TPSA) is 55.1 Å². The van der Waals surface area contributed by atoms with Gasteiger partial charge in [0.2, 0.25) is 0 Å². The summed E-state index contributed by atoms with van der Waals surface area (Å²) >= 11 is 6.12. The summed E-state index contributed by atoms with van der Waals surface area (Å²) in [5.41, 5.74) is 2.31. The number of carboxylic acid groups (broad SMARTS) is 1. The minimum atomic E-state index is -1.07. The van der Waals surface area contributed by atoms with Crippen molar-refractivity contribution in [2.75, 3.05) is 0 Å². The molecule has 4 nitrogen and oxygen atoms in total. The Bertz CT molecular complexity index is 686. The molecule has 0 spiro atoms. The number of aromatic nitrogens is 2. The molecule has 1 aromatic heterocycles. The van der Waals surface area contributed by atoms with Crippen LogP contribution in [0.25, 0.3) is 11.3 Å². The maximum atomic E-state index is 11.2. The average Bonchev–Trinajstić information content (AvgIpc) is 2.81. The van der Waals surface area contributed by atoms with Crippen molar-refractivity contribution in [3.63, 3.8) is 0 Å². The van der Waals surface area contributed by atoms with Crippen molar-refractivity contribution < 1.29 is 9.90 Å². The van der Waals surface area contributed by atoms with Crippen LogP contribution in [0.4, 0.5) is 0 Å². The van der Waals surface area contributed by atoms with Gasteiger partial charge in [0.25, 0.3) is 0 Å². The van der Waals surface area contributed by atoms with Gasteiger partial charge in [-0.2, -0.15) is 5.10 Å². The molecule has 1 aliphatic rings. The second kappa shape index (κ2) is 6.42. The number of carboxylic acids is 1. The first-order chi connectivity index (χ1) is 9.92. The molecular weight excluding hydrogens is 307 g/mol. The Morgan fingerprint density at radius 2 is 2.33 bits per heavy atom. The zero-order chi connectivity index (χ0) is 15.6. The second-order valence-electron chi connectivity index (χ2n) is 4.64. The molecule has 1 heterocycles. The maximum Gasteiger partial charge on any atom is 0.356 e. The summed E-state index contributed by atoms with van der Waals surface area (Å²) in [5.74, 6) is -1.07. The molecule has 0 saturated carbocycles. The fraction of sp³-hybridized carbons (Fsp3) is 0.200. The molecule has 0 radical (unpaired) electrons. The first kappa shape index (κ1) is 15.7. The molecule has 0 aliphatic heterocycles. The number of rotatable bonds is 4. The molecule has 6 heteroatoms. The van der Waals surface area contributed by atoms with Crippen LogP contribution in [0.2, 0.25) is 0 Å². The lowest BCUT2D eigenvalue weighted by Gasteiger charge is -2.10. The van der Waals surface area contributed by atoms with Crippen molar-refractivity contribution in [1.29, 1.82) is 0 Å². The Morgan fingerprint density at radius 3 is 2.95 bits per heavy atom. The first-order valence-electron chi connectivity index (χ1n) is 6.47. The smallest absolute Gasteiger partial charge is 0.356 e. The number of hydrogen-bond donors (Lipinski definition) is 1. The average molecular weight is 323 g/mol. The Morgan fingerprint density at radius 1 is 1.62 bits per heavy atom. The van der Waals surface area contributed by atoms with E-state index in [1.54, 1.807) is 16.8 Å². The van der Waals surface area contributed by atoms with Gasteiger partial charge in [0.1, 0.15) is 0 Å². The Kier molecular flexibility index (Phi) is 4.81. The van der Waals surface area contributed by atoms with Crippen LogP contribution in [0, 0.1) is 0 Å². The standard InChI is InChI=1S/C15H16ClN2O2P/c1-3-9(2)18-14(8-13(17-18)15(19)20)10-6-11(16)4-5-12(21)7-10/h4-8,12H,2-3,21H2,1H3,(H,19,20). The largest absolute Gasteiger partial charge is 0.476 e. The van der Waals surface area contributed by atoms with E-state index in [-0.39, 0.29) is 11.4 Å². The minimum Gasteiger partial charge on any atom is -0.476 e. The van der Waals surface area contributed by atoms with Gasteiger partial charge in [-0.3, -0.25) is 0 Å². The molecule has 1 aliphatic carbocycles. The minimum absolute atomic E-state index is 0.0115. The molecule has 2 unspecified atom stereocenters. The Balaban J connectivity index is 2.59. The summed E-state index contributed by atoms with van der Waals surface area (Å²) in [6.07, 6.45) is 8.21. The Hall–Kier alpha value is -1.64. The lowest BCUT2D eigenvalue weighted by molar-refractivity contribution is 0.0690. The van der Waals surface area contributed by atoms with E-state index in [2.05, 4.69) is 20.9 Å². The van der Waals surface area contributed by atoms with Crippen molar-refractivity contribution in [2.45, 2.75) is 19.0 Å². The van der Waals surface area contributed by atoms with Crippen LogP contribution in [0.1, 0.15) is 29.5 Å². The van der Waals surface area contributed by atoms with E-state index < -0.39 is 5.97 Å². The van der Waals surface area contributed by atoms with Gasteiger partial charge in [-0.15, -0.1) is 9.24 Å². The summed E-state index contributed by atoms with van der Waals surface area (Å²) in [4.78, 5) is 11.2. The van der Waals surface area contributed by atoms with Crippen LogP contribution in [-0.2, 0) is 0 Å². The molecular formula is C15H16ClN2O2P. The van der Waals surface area contributed by atoms with Gasteiger partial charge < -0.3 is 5.11 Å². The van der Waals surface area contributed by atoms with Crippen molar-refractivity contribution >= 4 is 38.1 Å². The molecule has 0 fully saturated rings. The fourth-order valence-electron chi connectivity index (χ4n) is 1.95. The van der Waals surface area contributed by atoms with Crippen LogP contribution >= 0.6 is 20.8 Å². The van der Waals surface area contributed by atoms with Gasteiger partial charge >= 0.3 is 5.97 Å². The number of carbonyl (C=O) groups is 1. The van der Waals surface area contributed by atoms with Crippen molar-refractivity contribution in [3.8, 4) is 0 Å². The molecule has 0 bridgehead atoms. The van der Waals surface area contributed by atoms with E-state index in [4.69, 9.17) is 16.7 Å². The zero-order valence-corrected chi connectivity index (χ0v) is 13.5. The number of aromatic carboxylic acids is 1. The van der Waals surface area contributed by atoms with Crippen LogP contribution in [-0.4, -0.2) is 26.5 Å². The summed E-state index contributed by atoms with van der Waals surface area (Å²) in [5, 5.41) is 13.8. The van der Waals surface area contributed by atoms with Gasteiger partial charge in [-0.1, -0.05) is 37.3 Å². The molecule has 110 valence electrons. The molecule has 0 amide bonds. The van der Waals surface area contributed by atoms with Gasteiger partial charge in [0.05, 0.1) is 5.69 Å². The van der Waals surface area contributed by atoms with E-state index in [9.17, 15) is 4.79 Å². The third-order valence-corrected chi connectivity index (χ3v) is 3.72. The van der Waals surface area contributed by atoms with Crippen molar-refractivity contribution in [3.05, 3.63) is 53.4 Å². The van der Waals surface area contributed by atoms with E-state index in [0.717, 1.165) is 11.3 Å². The van der Waals surface area contributed by atoms with Gasteiger partial charge in [-0.05, 0) is 30.2 Å². The normalized spacial score (nSPS) is 18.0. The molecule has 0 aromatic carbocycles. The number of hydrogen-bond acceptors (Lipinski definition) is 2. The van der Waals surface area contributed by atoms with Crippen molar-refractivity contribution in [1.82, 2.24) is 9.78 Å². The first-order valence-corrected chi connectivity index (χ1v) is 7.51. The third kappa shape index (κ3) is 3.52. The Labute approximate surface area is 130 Å². The highest BCUT2D eigenvalue weighted by Crippen LogP contribution is 2.28. The zero-order valence-electron chi connectivity index (χ0n) is 11.6. The number of allylic oxidation sites excluding steroid dienone is 7. The predicted octanol–water partition coefficient (Wildman–Crippen LogP) is 3.78. The predicted molar refractivity (Wildman–Crippen MR) is 89.4 cm³/mol. The van der Waals surface area contributed by atoms with Crippen LogP contribution in [0.15, 0.2) is 42.0 Å². The number of nitrogens with zero attached hydrogens (tertiary/aromatic N) is 2. The molecule has 0 saturated heterocycles. The van der Waals surface area contributed by atoms with Crippen LogP contribution in [0.5, 0.6) is 0 Å². The van der Waals surface area contributed by atoms with Gasteiger partial charge in [0.15, 0.2) is 5.69 Å². The van der Waals surface area contributed by atoms with Crippen LogP contribution in [0.3, 0.4) is 0 Å². The SMILES string of the molecule is C=C(CC)n1nc(C(=O)O)cc1C1=CC(P)C=CC(Cl)=C1. The monoisotopic (exact) mass is 322 g/mol. The highest BCUT2D eigenvalue weighted by atomic mass is 35.5. The summed E-state index contributed by atoms with van der Waals surface area (Å²) in [7, 11) is 2.68. The van der Waals surface area contributed by atoms with E-state index in [1.807, 2.05) is 25.2 Å². The highest BCUT2D eigenvalue weighted by Gasteiger charge is 2.18. The van der Waals surface area contributed by atoms with Gasteiger partial charge in [-0.25, -0.2) is 9.48 Å². The van der Waals surface area contributed by atoms with Gasteiger partial charge in [0, 0.05) is 16.4 Å². The second-order valence-corrected chi connectivity index (χ2v) is 5.85. The summed E-state index contributed by atoms with van der Waals surface area (Å²) in [6.45, 7) is 5.88. The molecule has 21 heavy (non-hydrogen) atoms. The molecule has 2 rings (SSSR count). The third-order valence-electron chi connectivity index (χ3n) is 3.07. The highest BCUT2D eigenvalue weighted by molar-refractivity contribution is 7.18. The van der Waals surface area contributed by atoms with E-state index >= 15 is 0 Å². The van der Waals surface area contributed by atoms with E-state index in [0.29, 0.717) is 17.1 Å². The lowest BCUT2D eigenvalue weighted by Crippen LogP contribution is -2.04. The molecule has 1 aromatic rings. The number of halogens is 1. The van der Waals surface area contributed by atoms with Crippen LogP contribution < -0.4 is 0 Å². The molecule has 1 N–H and O–H groups in total. The lowest BCUT2D eigenvalue weighted by atomic mass is 10.1. The summed E-state index contributed by atoms with van der Waals surface area (Å²) in [6, 6.07) is 1.54. The quantitative estimate of drug-likeness (QED) is 0.858. The molecule has 2 atom stereocenters. The van der Waals surface area contributed by atoms with Crippen molar-refractivity contribution in [2.24, 2.45) is 0 Å².